The van der Waals surface area contributed by atoms with Gasteiger partial charge in [0.05, 0.1) is 7.11 Å². The Morgan fingerprint density at radius 2 is 2.25 bits per heavy atom. The van der Waals surface area contributed by atoms with E-state index < -0.39 is 0 Å². The molecule has 2 atom stereocenters. The van der Waals surface area contributed by atoms with Crippen LogP contribution in [0.5, 0.6) is 5.75 Å². The van der Waals surface area contributed by atoms with Gasteiger partial charge in [0.2, 0.25) is 0 Å². The van der Waals surface area contributed by atoms with Gasteiger partial charge in [-0.15, -0.1) is 0 Å². The Balaban J connectivity index is 2.18. The van der Waals surface area contributed by atoms with Crippen molar-refractivity contribution in [3.63, 3.8) is 0 Å². The van der Waals surface area contributed by atoms with Crippen molar-refractivity contribution in [2.24, 2.45) is 11.7 Å². The molecule has 88 valence electrons. The first-order valence-electron chi connectivity index (χ1n) is 6.16. The molecule has 0 amide bonds. The van der Waals surface area contributed by atoms with Crippen molar-refractivity contribution in [1.82, 2.24) is 0 Å². The van der Waals surface area contributed by atoms with Crippen LogP contribution in [0.4, 0.5) is 0 Å². The second kappa shape index (κ2) is 4.88. The van der Waals surface area contributed by atoms with E-state index in [-0.39, 0.29) is 0 Å². The van der Waals surface area contributed by atoms with Gasteiger partial charge in [0.1, 0.15) is 5.75 Å². The molecule has 2 heteroatoms. The molecule has 2 nitrogen and oxygen atoms in total. The topological polar surface area (TPSA) is 35.2 Å². The maximum Gasteiger partial charge on any atom is 0.119 e. The molecule has 0 aliphatic heterocycles. The van der Waals surface area contributed by atoms with E-state index in [1.165, 1.54) is 17.5 Å². The summed E-state index contributed by atoms with van der Waals surface area (Å²) in [5.74, 6) is 1.61. The van der Waals surface area contributed by atoms with Gasteiger partial charge in [-0.25, -0.2) is 0 Å². The summed E-state index contributed by atoms with van der Waals surface area (Å²) in [4.78, 5) is 0. The molecular weight excluding hydrogens is 198 g/mol. The quantitative estimate of drug-likeness (QED) is 0.848. The van der Waals surface area contributed by atoms with Crippen LogP contribution in [0.1, 0.15) is 30.9 Å². The van der Waals surface area contributed by atoms with E-state index in [0.717, 1.165) is 25.0 Å². The first kappa shape index (κ1) is 11.5. The summed E-state index contributed by atoms with van der Waals surface area (Å²) in [6.45, 7) is 2.17. The maximum absolute atomic E-state index is 6.14. The molecule has 0 radical (unpaired) electrons. The molecule has 1 aliphatic carbocycles. The molecule has 0 bridgehead atoms. The van der Waals surface area contributed by atoms with Gasteiger partial charge in [-0.1, -0.05) is 13.0 Å². The van der Waals surface area contributed by atoms with Crippen molar-refractivity contribution < 1.29 is 4.74 Å². The fraction of sp³-hybridized carbons (Fsp3) is 0.571. The minimum absolute atomic E-state index is 0.347. The second-order valence-electron chi connectivity index (χ2n) is 4.71. The van der Waals surface area contributed by atoms with Gasteiger partial charge in [-0.05, 0) is 54.9 Å². The number of hydrogen-bond donors (Lipinski definition) is 1. The predicted molar refractivity (Wildman–Crippen MR) is 66.8 cm³/mol. The zero-order valence-corrected chi connectivity index (χ0v) is 10.2. The SMILES string of the molecule is CCC(N)C1CCc2ccc(OC)cc2C1. The van der Waals surface area contributed by atoms with E-state index in [1.807, 2.05) is 0 Å². The fourth-order valence-electron chi connectivity index (χ4n) is 2.59. The summed E-state index contributed by atoms with van der Waals surface area (Å²) in [6.07, 6.45) is 4.58. The van der Waals surface area contributed by atoms with Crippen LogP contribution in [0.3, 0.4) is 0 Å². The zero-order valence-electron chi connectivity index (χ0n) is 10.2. The first-order chi connectivity index (χ1) is 7.74. The van der Waals surface area contributed by atoms with E-state index in [4.69, 9.17) is 10.5 Å². The van der Waals surface area contributed by atoms with Gasteiger partial charge in [0.15, 0.2) is 0 Å². The van der Waals surface area contributed by atoms with Crippen molar-refractivity contribution in [3.05, 3.63) is 29.3 Å². The highest BCUT2D eigenvalue weighted by Crippen LogP contribution is 2.30. The van der Waals surface area contributed by atoms with Gasteiger partial charge < -0.3 is 10.5 Å². The highest BCUT2D eigenvalue weighted by atomic mass is 16.5. The van der Waals surface area contributed by atoms with E-state index in [0.29, 0.717) is 12.0 Å². The summed E-state index contributed by atoms with van der Waals surface area (Å²) in [5.41, 5.74) is 9.05. The molecule has 0 fully saturated rings. The summed E-state index contributed by atoms with van der Waals surface area (Å²) < 4.78 is 5.27. The van der Waals surface area contributed by atoms with Crippen LogP contribution in [0.25, 0.3) is 0 Å². The van der Waals surface area contributed by atoms with E-state index in [9.17, 15) is 0 Å². The Labute approximate surface area is 97.8 Å². The summed E-state index contributed by atoms with van der Waals surface area (Å²) in [6, 6.07) is 6.77. The Morgan fingerprint density at radius 3 is 2.94 bits per heavy atom. The minimum Gasteiger partial charge on any atom is -0.497 e. The lowest BCUT2D eigenvalue weighted by Gasteiger charge is -2.29. The smallest absolute Gasteiger partial charge is 0.119 e. The average molecular weight is 219 g/mol. The second-order valence-corrected chi connectivity index (χ2v) is 4.71. The van der Waals surface area contributed by atoms with Crippen molar-refractivity contribution in [2.45, 2.75) is 38.6 Å². The minimum atomic E-state index is 0.347. The maximum atomic E-state index is 6.14. The van der Waals surface area contributed by atoms with E-state index >= 15 is 0 Å². The molecule has 0 heterocycles. The normalized spacial score (nSPS) is 21.3. The number of ether oxygens (including phenoxy) is 1. The molecule has 0 aromatic heterocycles. The van der Waals surface area contributed by atoms with Gasteiger partial charge in [-0.3, -0.25) is 0 Å². The van der Waals surface area contributed by atoms with Crippen molar-refractivity contribution >= 4 is 0 Å². The summed E-state index contributed by atoms with van der Waals surface area (Å²) in [5, 5.41) is 0. The van der Waals surface area contributed by atoms with E-state index in [1.54, 1.807) is 7.11 Å². The van der Waals surface area contributed by atoms with Crippen LogP contribution in [-0.4, -0.2) is 13.2 Å². The van der Waals surface area contributed by atoms with Gasteiger partial charge in [0, 0.05) is 6.04 Å². The third-order valence-corrected chi connectivity index (χ3v) is 3.76. The molecule has 2 unspecified atom stereocenters. The number of aryl methyl sites for hydroxylation is 1. The van der Waals surface area contributed by atoms with Gasteiger partial charge in [-0.2, -0.15) is 0 Å². The summed E-state index contributed by atoms with van der Waals surface area (Å²) in [7, 11) is 1.72. The molecule has 2 rings (SSSR count). The Morgan fingerprint density at radius 1 is 1.44 bits per heavy atom. The molecule has 0 saturated heterocycles. The number of rotatable bonds is 3. The van der Waals surface area contributed by atoms with E-state index in [2.05, 4.69) is 25.1 Å². The molecule has 1 aromatic carbocycles. The van der Waals surface area contributed by atoms with Crippen LogP contribution in [0, 0.1) is 5.92 Å². The molecule has 0 spiro atoms. The first-order valence-corrected chi connectivity index (χ1v) is 6.16. The largest absolute Gasteiger partial charge is 0.497 e. The lowest BCUT2D eigenvalue weighted by atomic mass is 9.79. The molecular formula is C14H21NO. The number of methoxy groups -OCH3 is 1. The highest BCUT2D eigenvalue weighted by Gasteiger charge is 2.23. The van der Waals surface area contributed by atoms with Gasteiger partial charge >= 0.3 is 0 Å². The standard InChI is InChI=1S/C14H21NO/c1-3-14(15)11-5-4-10-6-7-13(16-2)9-12(10)8-11/h6-7,9,11,14H,3-5,8,15H2,1-2H3. The van der Waals surface area contributed by atoms with Crippen molar-refractivity contribution in [2.75, 3.05) is 7.11 Å². The third-order valence-electron chi connectivity index (χ3n) is 3.76. The number of fused-ring (bicyclic) bond motifs is 1. The zero-order chi connectivity index (χ0) is 11.5. The lowest BCUT2D eigenvalue weighted by Crippen LogP contribution is -2.33. The molecule has 2 N–H and O–H groups in total. The lowest BCUT2D eigenvalue weighted by molar-refractivity contribution is 0.364. The molecule has 16 heavy (non-hydrogen) atoms. The third kappa shape index (κ3) is 2.22. The summed E-state index contributed by atoms with van der Waals surface area (Å²) >= 11 is 0. The monoisotopic (exact) mass is 219 g/mol. The van der Waals surface area contributed by atoms with Crippen LogP contribution in [0.2, 0.25) is 0 Å². The number of benzene rings is 1. The predicted octanol–water partition coefficient (Wildman–Crippen LogP) is 2.54. The van der Waals surface area contributed by atoms with Crippen LogP contribution < -0.4 is 10.5 Å². The highest BCUT2D eigenvalue weighted by molar-refractivity contribution is 5.37. The Hall–Kier alpha value is -1.02. The fourth-order valence-corrected chi connectivity index (χ4v) is 2.59. The number of nitrogens with two attached hydrogens (primary N) is 1. The van der Waals surface area contributed by atoms with Crippen molar-refractivity contribution in [3.8, 4) is 5.75 Å². The van der Waals surface area contributed by atoms with Crippen LogP contribution in [0.15, 0.2) is 18.2 Å². The number of hydrogen-bond acceptors (Lipinski definition) is 2. The van der Waals surface area contributed by atoms with Crippen LogP contribution >= 0.6 is 0 Å². The Kier molecular flexibility index (Phi) is 3.49. The molecule has 1 aromatic rings. The average Bonchev–Trinajstić information content (AvgIpc) is 2.36. The van der Waals surface area contributed by atoms with Crippen LogP contribution in [-0.2, 0) is 12.8 Å². The van der Waals surface area contributed by atoms with Crippen molar-refractivity contribution in [1.29, 1.82) is 0 Å². The molecule has 0 saturated carbocycles. The molecule has 1 aliphatic rings. The Bertz CT molecular complexity index is 362. The van der Waals surface area contributed by atoms with Gasteiger partial charge in [0.25, 0.3) is 0 Å².